The fraction of sp³-hybridized carbons (Fsp3) is 0.353. The molecule has 0 bridgehead atoms. The summed E-state index contributed by atoms with van der Waals surface area (Å²) in [6, 6.07) is 9.04. The Kier molecular flexibility index (Phi) is 11.0. The molecule has 0 amide bonds. The summed E-state index contributed by atoms with van der Waals surface area (Å²) >= 11 is 4.87. The summed E-state index contributed by atoms with van der Waals surface area (Å²) in [6.07, 6.45) is 1.87. The van der Waals surface area contributed by atoms with E-state index in [9.17, 15) is 14.4 Å². The van der Waals surface area contributed by atoms with E-state index in [-0.39, 0.29) is 18.4 Å². The Morgan fingerprint density at radius 1 is 1.37 bits per heavy atom. The van der Waals surface area contributed by atoms with Gasteiger partial charge in [0.05, 0.1) is 0 Å². The largest absolute Gasteiger partial charge is 0.393 e. The summed E-state index contributed by atoms with van der Waals surface area (Å²) in [5.74, 6) is -0.864. The number of hydrogen-bond donors (Lipinski definition) is 4. The standard InChI is InChI=1S/C12H13IN2O2.C5H9NO3S/c1-14-11(12(16)17-13)7-9-6-8-4-2-3-5-10(8)15-9;6-4(2-1-3-7)5(8)9-10/h2-6,11,14-15H,7H2,1H3;3-4,10H,1-2,6H2/t;4-/m.1/s1. The van der Waals surface area contributed by atoms with Crippen molar-refractivity contribution in [3.63, 3.8) is 0 Å². The second kappa shape index (κ2) is 12.7. The lowest BCUT2D eigenvalue weighted by Crippen LogP contribution is -2.36. The van der Waals surface area contributed by atoms with Gasteiger partial charge in [0.25, 0.3) is 0 Å². The monoisotopic (exact) mass is 507 g/mol. The zero-order valence-electron chi connectivity index (χ0n) is 14.7. The van der Waals surface area contributed by atoms with Gasteiger partial charge in [-0.3, -0.25) is 0 Å². The minimum absolute atomic E-state index is 0.258. The first-order valence-corrected chi connectivity index (χ1v) is 9.32. The molecule has 0 aliphatic heterocycles. The Morgan fingerprint density at radius 3 is 2.63 bits per heavy atom. The van der Waals surface area contributed by atoms with Crippen LogP contribution in [-0.2, 0) is 28.1 Å². The van der Waals surface area contributed by atoms with Gasteiger partial charge in [-0.2, -0.15) is 0 Å². The summed E-state index contributed by atoms with van der Waals surface area (Å²) < 4.78 is 8.73. The second-order valence-electron chi connectivity index (χ2n) is 5.58. The fourth-order valence-electron chi connectivity index (χ4n) is 2.25. The lowest BCUT2D eigenvalue weighted by Gasteiger charge is -2.10. The van der Waals surface area contributed by atoms with Crippen molar-refractivity contribution in [2.24, 2.45) is 5.73 Å². The summed E-state index contributed by atoms with van der Waals surface area (Å²) in [6.45, 7) is 0. The average Bonchev–Trinajstić information content (AvgIpc) is 3.11. The molecule has 2 rings (SSSR count). The van der Waals surface area contributed by atoms with Gasteiger partial charge in [-0.05, 0) is 31.0 Å². The molecule has 2 atom stereocenters. The summed E-state index contributed by atoms with van der Waals surface area (Å²) in [4.78, 5) is 35.0. The number of carbonyl (C=O) groups is 3. The highest BCUT2D eigenvalue weighted by Gasteiger charge is 2.18. The predicted octanol–water partition coefficient (Wildman–Crippen LogP) is 1.87. The zero-order valence-corrected chi connectivity index (χ0v) is 17.7. The van der Waals surface area contributed by atoms with Crippen LogP contribution in [0.4, 0.5) is 0 Å². The first kappa shape index (κ1) is 23.4. The van der Waals surface area contributed by atoms with Crippen molar-refractivity contribution in [1.29, 1.82) is 0 Å². The number of H-pyrrole nitrogens is 1. The Labute approximate surface area is 176 Å². The lowest BCUT2D eigenvalue weighted by atomic mass is 10.1. The lowest BCUT2D eigenvalue weighted by molar-refractivity contribution is -0.135. The van der Waals surface area contributed by atoms with E-state index in [1.165, 1.54) is 0 Å². The predicted molar refractivity (Wildman–Crippen MR) is 113 cm³/mol. The third kappa shape index (κ3) is 7.87. The highest BCUT2D eigenvalue weighted by Crippen LogP contribution is 2.16. The molecular formula is C17H22IN3O5S. The Bertz CT molecular complexity index is 722. The third-order valence-electron chi connectivity index (χ3n) is 3.71. The number of likely N-dealkylation sites (N-methyl/N-ethyl adjacent to an activating group) is 1. The van der Waals surface area contributed by atoms with Crippen LogP contribution >= 0.6 is 35.9 Å². The zero-order chi connectivity index (χ0) is 20.2. The van der Waals surface area contributed by atoms with Crippen molar-refractivity contribution < 1.29 is 21.6 Å². The molecule has 148 valence electrons. The molecular weight excluding hydrogens is 485 g/mol. The van der Waals surface area contributed by atoms with Gasteiger partial charge in [-0.15, -0.1) is 0 Å². The van der Waals surface area contributed by atoms with Crippen molar-refractivity contribution >= 4 is 65.0 Å². The minimum atomic E-state index is -0.734. The Hall–Kier alpha value is -1.63. The number of thiol groups is 1. The molecule has 0 aliphatic carbocycles. The molecule has 27 heavy (non-hydrogen) atoms. The fourth-order valence-corrected chi connectivity index (χ4v) is 2.70. The van der Waals surface area contributed by atoms with Crippen LogP contribution in [0.2, 0.25) is 0 Å². The first-order chi connectivity index (χ1) is 13.0. The maximum atomic E-state index is 11.5. The van der Waals surface area contributed by atoms with Crippen molar-refractivity contribution in [3.8, 4) is 0 Å². The number of halogens is 1. The van der Waals surface area contributed by atoms with Gasteiger partial charge < -0.3 is 28.1 Å². The van der Waals surface area contributed by atoms with Crippen LogP contribution in [0, 0.1) is 0 Å². The molecule has 0 spiro atoms. The van der Waals surface area contributed by atoms with Crippen LogP contribution < -0.4 is 11.1 Å². The van der Waals surface area contributed by atoms with E-state index in [1.54, 1.807) is 30.1 Å². The molecule has 1 aromatic heterocycles. The second-order valence-corrected chi connectivity index (χ2v) is 6.21. The maximum absolute atomic E-state index is 11.5. The van der Waals surface area contributed by atoms with E-state index in [2.05, 4.69) is 33.5 Å². The smallest absolute Gasteiger partial charge is 0.334 e. The number of nitrogens with one attached hydrogen (secondary N) is 2. The number of benzene rings is 1. The number of fused-ring (bicyclic) bond motifs is 1. The number of aromatic nitrogens is 1. The molecule has 0 radical (unpaired) electrons. The van der Waals surface area contributed by atoms with E-state index in [0.717, 1.165) is 16.6 Å². The highest BCUT2D eigenvalue weighted by atomic mass is 127. The number of rotatable bonds is 8. The topological polar surface area (TPSA) is 124 Å². The molecule has 0 fully saturated rings. The van der Waals surface area contributed by atoms with Crippen LogP contribution in [0.15, 0.2) is 30.3 Å². The van der Waals surface area contributed by atoms with Crippen LogP contribution in [-0.4, -0.2) is 42.3 Å². The Balaban J connectivity index is 0.000000314. The number of para-hydroxylation sites is 1. The van der Waals surface area contributed by atoms with Gasteiger partial charge in [0.2, 0.25) is 0 Å². The summed E-state index contributed by atoms with van der Waals surface area (Å²) in [5, 5.41) is 4.10. The van der Waals surface area contributed by atoms with Crippen molar-refractivity contribution in [2.75, 3.05) is 7.05 Å². The van der Waals surface area contributed by atoms with E-state index in [1.807, 2.05) is 24.3 Å². The molecule has 8 nitrogen and oxygen atoms in total. The number of aromatic amines is 1. The third-order valence-corrected chi connectivity index (χ3v) is 4.32. The molecule has 0 saturated carbocycles. The number of aldehydes is 1. The first-order valence-electron chi connectivity index (χ1n) is 8.07. The normalized spacial score (nSPS) is 12.4. The van der Waals surface area contributed by atoms with Gasteiger partial charge >= 0.3 is 11.9 Å². The molecule has 1 heterocycles. The molecule has 4 N–H and O–H groups in total. The number of nitrogens with two attached hydrogens (primary N) is 1. The van der Waals surface area contributed by atoms with Gasteiger partial charge in [-0.25, -0.2) is 9.59 Å². The van der Waals surface area contributed by atoms with Crippen molar-refractivity contribution in [2.45, 2.75) is 31.3 Å². The van der Waals surface area contributed by atoms with E-state index < -0.39 is 12.0 Å². The van der Waals surface area contributed by atoms with Crippen LogP contribution in [0.3, 0.4) is 0 Å². The van der Waals surface area contributed by atoms with Gasteiger partial charge in [0.1, 0.15) is 18.4 Å². The summed E-state index contributed by atoms with van der Waals surface area (Å²) in [7, 11) is 1.75. The van der Waals surface area contributed by atoms with Crippen LogP contribution in [0.1, 0.15) is 18.5 Å². The minimum Gasteiger partial charge on any atom is -0.393 e. The quantitative estimate of drug-likeness (QED) is 0.186. The highest BCUT2D eigenvalue weighted by molar-refractivity contribution is 14.1. The van der Waals surface area contributed by atoms with Crippen LogP contribution in [0.25, 0.3) is 10.9 Å². The van der Waals surface area contributed by atoms with Crippen molar-refractivity contribution in [1.82, 2.24) is 10.3 Å². The SMILES string of the molecule is CNC(Cc1cc2ccccc2[nH]1)C(=O)OI.N[C@H](CCC=O)C(=O)OS. The molecule has 2 aromatic rings. The molecule has 0 aliphatic rings. The summed E-state index contributed by atoms with van der Waals surface area (Å²) in [5.41, 5.74) is 7.34. The number of carbonyl (C=O) groups excluding carboxylic acids is 3. The average molecular weight is 507 g/mol. The molecule has 1 unspecified atom stereocenters. The van der Waals surface area contributed by atoms with E-state index in [4.69, 9.17) is 8.80 Å². The van der Waals surface area contributed by atoms with Crippen LogP contribution in [0.5, 0.6) is 0 Å². The van der Waals surface area contributed by atoms with Gasteiger partial charge in [0.15, 0.2) is 23.0 Å². The van der Waals surface area contributed by atoms with Gasteiger partial charge in [0, 0.05) is 37.0 Å². The molecule has 0 saturated heterocycles. The molecule has 10 heteroatoms. The van der Waals surface area contributed by atoms with Gasteiger partial charge in [-0.1, -0.05) is 18.2 Å². The maximum Gasteiger partial charge on any atom is 0.334 e. The number of hydrogen-bond acceptors (Lipinski definition) is 8. The van der Waals surface area contributed by atoms with E-state index in [0.29, 0.717) is 19.1 Å². The molecule has 1 aromatic carbocycles. The Morgan fingerprint density at radius 2 is 2.07 bits per heavy atom. The van der Waals surface area contributed by atoms with E-state index >= 15 is 0 Å². The van der Waals surface area contributed by atoms with Crippen molar-refractivity contribution in [3.05, 3.63) is 36.0 Å².